The average Bonchev–Trinajstić information content (AvgIpc) is 1.81. The third-order valence-electron chi connectivity index (χ3n) is 2.06. The SMILES string of the molecule is CC(C)/C=N/C(C(C)C)[Si](C)(C)C. The number of rotatable bonds is 4. The van der Waals surface area contributed by atoms with Gasteiger partial charge in [-0.05, 0) is 11.8 Å². The van der Waals surface area contributed by atoms with Crippen molar-refractivity contribution >= 4 is 14.3 Å². The van der Waals surface area contributed by atoms with Crippen molar-refractivity contribution in [2.24, 2.45) is 16.8 Å². The molecule has 0 N–H and O–H groups in total. The van der Waals surface area contributed by atoms with Gasteiger partial charge in [0.15, 0.2) is 0 Å². The fraction of sp³-hybridized carbons (Fsp3) is 0.909. The Morgan fingerprint density at radius 3 is 1.69 bits per heavy atom. The van der Waals surface area contributed by atoms with Gasteiger partial charge in [0.2, 0.25) is 0 Å². The quantitative estimate of drug-likeness (QED) is 0.484. The molecule has 0 radical (unpaired) electrons. The smallest absolute Gasteiger partial charge is 0.0734 e. The maximum Gasteiger partial charge on any atom is 0.0734 e. The standard InChI is InChI=1S/C11H25NSi/c1-9(2)8-12-11(10(3)4)13(5,6)7/h8-11H,1-7H3/b12-8+. The molecule has 1 nitrogen and oxygen atoms in total. The Morgan fingerprint density at radius 1 is 1.00 bits per heavy atom. The molecular formula is C11H25NSi. The maximum absolute atomic E-state index is 4.73. The molecule has 0 aliphatic heterocycles. The molecule has 0 saturated heterocycles. The molecule has 0 bridgehead atoms. The van der Waals surface area contributed by atoms with Gasteiger partial charge in [-0.3, -0.25) is 4.99 Å². The number of hydrogen-bond donors (Lipinski definition) is 0. The van der Waals surface area contributed by atoms with Crippen LogP contribution in [0.15, 0.2) is 4.99 Å². The van der Waals surface area contributed by atoms with Crippen molar-refractivity contribution in [3.63, 3.8) is 0 Å². The molecule has 78 valence electrons. The predicted octanol–water partition coefficient (Wildman–Crippen LogP) is 3.62. The summed E-state index contributed by atoms with van der Waals surface area (Å²) in [6.07, 6.45) is 2.11. The molecule has 0 heterocycles. The molecule has 2 heteroatoms. The van der Waals surface area contributed by atoms with Crippen molar-refractivity contribution in [1.82, 2.24) is 0 Å². The molecule has 0 aromatic carbocycles. The van der Waals surface area contributed by atoms with E-state index in [2.05, 4.69) is 53.6 Å². The summed E-state index contributed by atoms with van der Waals surface area (Å²) >= 11 is 0. The zero-order chi connectivity index (χ0) is 10.6. The summed E-state index contributed by atoms with van der Waals surface area (Å²) in [7, 11) is -1.11. The Kier molecular flexibility index (Phi) is 4.90. The van der Waals surface area contributed by atoms with Crippen LogP contribution in [0.1, 0.15) is 27.7 Å². The first-order valence-electron chi connectivity index (χ1n) is 5.28. The summed E-state index contributed by atoms with van der Waals surface area (Å²) in [6, 6.07) is 0. The van der Waals surface area contributed by atoms with Gasteiger partial charge in [0, 0.05) is 11.9 Å². The van der Waals surface area contributed by atoms with Crippen LogP contribution >= 0.6 is 0 Å². The monoisotopic (exact) mass is 199 g/mol. The van der Waals surface area contributed by atoms with Gasteiger partial charge < -0.3 is 0 Å². The highest BCUT2D eigenvalue weighted by molar-refractivity contribution is 6.77. The van der Waals surface area contributed by atoms with Gasteiger partial charge in [0.1, 0.15) is 0 Å². The fourth-order valence-corrected chi connectivity index (χ4v) is 4.19. The summed E-state index contributed by atoms with van der Waals surface area (Å²) in [6.45, 7) is 16.1. The van der Waals surface area contributed by atoms with Crippen molar-refractivity contribution < 1.29 is 0 Å². The zero-order valence-corrected chi connectivity index (χ0v) is 11.3. The predicted molar refractivity (Wildman–Crippen MR) is 65.3 cm³/mol. The Labute approximate surface area is 84.7 Å². The van der Waals surface area contributed by atoms with Crippen LogP contribution in [0.25, 0.3) is 0 Å². The summed E-state index contributed by atoms with van der Waals surface area (Å²) < 4.78 is 0. The van der Waals surface area contributed by atoms with Crippen molar-refractivity contribution in [3.8, 4) is 0 Å². The van der Waals surface area contributed by atoms with E-state index in [1.807, 2.05) is 0 Å². The van der Waals surface area contributed by atoms with Crippen LogP contribution < -0.4 is 0 Å². The second kappa shape index (κ2) is 4.94. The lowest BCUT2D eigenvalue weighted by molar-refractivity contribution is 0.597. The highest BCUT2D eigenvalue weighted by Gasteiger charge is 2.28. The number of aliphatic imine (C=N–C) groups is 1. The summed E-state index contributed by atoms with van der Waals surface area (Å²) in [5.41, 5.74) is 0.579. The molecular weight excluding hydrogens is 174 g/mol. The van der Waals surface area contributed by atoms with E-state index in [9.17, 15) is 0 Å². The van der Waals surface area contributed by atoms with E-state index >= 15 is 0 Å². The summed E-state index contributed by atoms with van der Waals surface area (Å²) in [4.78, 5) is 4.73. The van der Waals surface area contributed by atoms with Gasteiger partial charge in [-0.15, -0.1) is 0 Å². The van der Waals surface area contributed by atoms with E-state index in [-0.39, 0.29) is 0 Å². The van der Waals surface area contributed by atoms with Crippen LogP contribution in [0.3, 0.4) is 0 Å². The Bertz CT molecular complexity index is 165. The van der Waals surface area contributed by atoms with Crippen LogP contribution in [0.5, 0.6) is 0 Å². The van der Waals surface area contributed by atoms with E-state index in [0.717, 1.165) is 0 Å². The molecule has 0 rings (SSSR count). The Balaban J connectivity index is 4.46. The van der Waals surface area contributed by atoms with E-state index in [4.69, 9.17) is 4.99 Å². The van der Waals surface area contributed by atoms with Gasteiger partial charge in [-0.1, -0.05) is 47.3 Å². The molecule has 0 fully saturated rings. The minimum atomic E-state index is -1.11. The molecule has 0 amide bonds. The Morgan fingerprint density at radius 2 is 1.46 bits per heavy atom. The van der Waals surface area contributed by atoms with E-state index in [0.29, 0.717) is 17.5 Å². The minimum absolute atomic E-state index is 0.579. The van der Waals surface area contributed by atoms with Gasteiger partial charge in [0.25, 0.3) is 0 Å². The number of hydrogen-bond acceptors (Lipinski definition) is 1. The highest BCUT2D eigenvalue weighted by Crippen LogP contribution is 2.19. The molecule has 0 aromatic heterocycles. The average molecular weight is 199 g/mol. The molecule has 0 aliphatic carbocycles. The lowest BCUT2D eigenvalue weighted by Crippen LogP contribution is -2.40. The normalized spacial score (nSPS) is 16.1. The molecule has 0 aliphatic rings. The van der Waals surface area contributed by atoms with Crippen LogP contribution in [0.2, 0.25) is 19.6 Å². The zero-order valence-electron chi connectivity index (χ0n) is 10.3. The van der Waals surface area contributed by atoms with Crippen molar-refractivity contribution in [2.75, 3.05) is 0 Å². The number of nitrogens with zero attached hydrogens (tertiary/aromatic N) is 1. The minimum Gasteiger partial charge on any atom is -0.297 e. The van der Waals surface area contributed by atoms with Crippen LogP contribution in [-0.2, 0) is 0 Å². The first-order valence-corrected chi connectivity index (χ1v) is 8.86. The van der Waals surface area contributed by atoms with E-state index in [1.54, 1.807) is 0 Å². The van der Waals surface area contributed by atoms with Gasteiger partial charge in [-0.2, -0.15) is 0 Å². The molecule has 0 aromatic rings. The highest BCUT2D eigenvalue weighted by atomic mass is 28.3. The third kappa shape index (κ3) is 5.24. The first-order chi connectivity index (χ1) is 5.75. The van der Waals surface area contributed by atoms with Crippen molar-refractivity contribution in [1.29, 1.82) is 0 Å². The van der Waals surface area contributed by atoms with Crippen molar-refractivity contribution in [3.05, 3.63) is 0 Å². The topological polar surface area (TPSA) is 12.4 Å². The maximum atomic E-state index is 4.73. The molecule has 0 saturated carbocycles. The van der Waals surface area contributed by atoms with E-state index < -0.39 is 8.07 Å². The van der Waals surface area contributed by atoms with Crippen molar-refractivity contribution in [2.45, 2.75) is 53.0 Å². The molecule has 13 heavy (non-hydrogen) atoms. The van der Waals surface area contributed by atoms with Gasteiger partial charge in [0.05, 0.1) is 8.07 Å². The van der Waals surface area contributed by atoms with Gasteiger partial charge >= 0.3 is 0 Å². The molecule has 1 atom stereocenters. The fourth-order valence-electron chi connectivity index (χ4n) is 1.66. The third-order valence-corrected chi connectivity index (χ3v) is 4.65. The summed E-state index contributed by atoms with van der Waals surface area (Å²) in [5, 5.41) is 0. The second-order valence-corrected chi connectivity index (χ2v) is 10.9. The van der Waals surface area contributed by atoms with Gasteiger partial charge in [-0.25, -0.2) is 0 Å². The first kappa shape index (κ1) is 12.9. The lowest BCUT2D eigenvalue weighted by atomic mass is 10.2. The molecule has 1 unspecified atom stereocenters. The van der Waals surface area contributed by atoms with E-state index in [1.165, 1.54) is 0 Å². The Hall–Kier alpha value is -0.113. The van der Waals surface area contributed by atoms with Crippen LogP contribution in [0, 0.1) is 11.8 Å². The summed E-state index contributed by atoms with van der Waals surface area (Å²) in [5.74, 6) is 1.26. The molecule has 0 spiro atoms. The lowest BCUT2D eigenvalue weighted by Gasteiger charge is -2.28. The van der Waals surface area contributed by atoms with Crippen LogP contribution in [-0.4, -0.2) is 20.0 Å². The van der Waals surface area contributed by atoms with Crippen LogP contribution in [0.4, 0.5) is 0 Å². The largest absolute Gasteiger partial charge is 0.297 e. The second-order valence-electron chi connectivity index (χ2n) is 5.60.